The van der Waals surface area contributed by atoms with Crippen molar-refractivity contribution in [1.82, 2.24) is 24.2 Å². The molecule has 0 bridgehead atoms. The summed E-state index contributed by atoms with van der Waals surface area (Å²) in [5, 5.41) is 15.0. The van der Waals surface area contributed by atoms with Crippen molar-refractivity contribution in [1.29, 1.82) is 0 Å². The molecular weight excluding hydrogens is 340 g/mol. The number of imidazole rings is 1. The first kappa shape index (κ1) is 16.9. The van der Waals surface area contributed by atoms with Crippen LogP contribution in [0, 0.1) is 11.6 Å². The van der Waals surface area contributed by atoms with E-state index in [-0.39, 0.29) is 0 Å². The number of aliphatic hydroxyl groups excluding tert-OH is 1. The van der Waals surface area contributed by atoms with Gasteiger partial charge in [0.05, 0.1) is 17.9 Å². The Labute approximate surface area is 149 Å². The average Bonchev–Trinajstić information content (AvgIpc) is 3.23. The van der Waals surface area contributed by atoms with E-state index in [4.69, 9.17) is 0 Å². The second-order valence-corrected chi connectivity index (χ2v) is 6.54. The largest absolute Gasteiger partial charge is 0.379 e. The molecule has 2 aromatic heterocycles. The SMILES string of the molecule is Cn1ccnc1[C@@H](O)c1cc2n(n1)CCN(Cc1ccc(F)c(F)c1)C2. The van der Waals surface area contributed by atoms with E-state index in [1.165, 1.54) is 6.07 Å². The van der Waals surface area contributed by atoms with Crippen LogP contribution in [-0.4, -0.2) is 35.9 Å². The third-order valence-electron chi connectivity index (χ3n) is 4.67. The number of benzene rings is 1. The maximum atomic E-state index is 13.4. The molecule has 6 nitrogen and oxygen atoms in total. The summed E-state index contributed by atoms with van der Waals surface area (Å²) in [6.45, 7) is 2.57. The molecule has 0 aliphatic carbocycles. The molecule has 26 heavy (non-hydrogen) atoms. The van der Waals surface area contributed by atoms with Gasteiger partial charge in [0, 0.05) is 39.1 Å². The number of aliphatic hydroxyl groups is 1. The fourth-order valence-electron chi connectivity index (χ4n) is 3.28. The lowest BCUT2D eigenvalue weighted by molar-refractivity contribution is 0.194. The van der Waals surface area contributed by atoms with Crippen molar-refractivity contribution in [2.75, 3.05) is 6.54 Å². The van der Waals surface area contributed by atoms with Crippen LogP contribution in [0.1, 0.15) is 28.9 Å². The van der Waals surface area contributed by atoms with Crippen molar-refractivity contribution < 1.29 is 13.9 Å². The predicted molar refractivity (Wildman–Crippen MR) is 90.0 cm³/mol. The first-order valence-electron chi connectivity index (χ1n) is 8.39. The van der Waals surface area contributed by atoms with Crippen LogP contribution in [0.2, 0.25) is 0 Å². The third kappa shape index (κ3) is 3.13. The quantitative estimate of drug-likeness (QED) is 0.774. The van der Waals surface area contributed by atoms with Crippen molar-refractivity contribution in [3.63, 3.8) is 0 Å². The molecule has 0 fully saturated rings. The molecule has 3 heterocycles. The lowest BCUT2D eigenvalue weighted by Crippen LogP contribution is -2.33. The topological polar surface area (TPSA) is 59.1 Å². The molecule has 0 amide bonds. The van der Waals surface area contributed by atoms with Gasteiger partial charge < -0.3 is 9.67 Å². The van der Waals surface area contributed by atoms with Crippen molar-refractivity contribution in [3.05, 3.63) is 71.1 Å². The molecule has 136 valence electrons. The molecule has 3 aromatic rings. The smallest absolute Gasteiger partial charge is 0.159 e. The van der Waals surface area contributed by atoms with Crippen molar-refractivity contribution >= 4 is 0 Å². The molecule has 4 rings (SSSR count). The zero-order valence-corrected chi connectivity index (χ0v) is 14.3. The Morgan fingerprint density at radius 2 is 2.04 bits per heavy atom. The van der Waals surface area contributed by atoms with Crippen LogP contribution in [0.4, 0.5) is 8.78 Å². The summed E-state index contributed by atoms with van der Waals surface area (Å²) in [6.07, 6.45) is 2.53. The van der Waals surface area contributed by atoms with Crippen molar-refractivity contribution in [2.24, 2.45) is 7.05 Å². The fraction of sp³-hybridized carbons (Fsp3) is 0.333. The number of hydrogen-bond donors (Lipinski definition) is 1. The van der Waals surface area contributed by atoms with Gasteiger partial charge in [-0.2, -0.15) is 5.10 Å². The Hall–Kier alpha value is -2.58. The summed E-state index contributed by atoms with van der Waals surface area (Å²) in [4.78, 5) is 6.31. The summed E-state index contributed by atoms with van der Waals surface area (Å²) in [5.41, 5.74) is 2.26. The van der Waals surface area contributed by atoms with Crippen molar-refractivity contribution in [2.45, 2.75) is 25.7 Å². The van der Waals surface area contributed by atoms with E-state index in [2.05, 4.69) is 15.0 Å². The lowest BCUT2D eigenvalue weighted by atomic mass is 10.1. The zero-order chi connectivity index (χ0) is 18.3. The molecule has 1 N–H and O–H groups in total. The number of fused-ring (bicyclic) bond motifs is 1. The molecule has 0 saturated heterocycles. The highest BCUT2D eigenvalue weighted by Crippen LogP contribution is 2.23. The average molecular weight is 359 g/mol. The Morgan fingerprint density at radius 1 is 1.19 bits per heavy atom. The van der Waals surface area contributed by atoms with Crippen LogP contribution in [-0.2, 0) is 26.7 Å². The minimum Gasteiger partial charge on any atom is -0.379 e. The first-order valence-corrected chi connectivity index (χ1v) is 8.39. The summed E-state index contributed by atoms with van der Waals surface area (Å²) in [6, 6.07) is 5.86. The standard InChI is InChI=1S/C18H19F2N5O/c1-23-5-4-21-18(23)17(26)16-9-13-11-24(6-7-25(13)22-16)10-12-2-3-14(19)15(20)8-12/h2-5,8-9,17,26H,6-7,10-11H2,1H3/t17-/m0/s1. The number of aromatic nitrogens is 4. The van der Waals surface area contributed by atoms with Gasteiger partial charge in [0.25, 0.3) is 0 Å². The Balaban J connectivity index is 1.49. The van der Waals surface area contributed by atoms with Gasteiger partial charge in [-0.05, 0) is 23.8 Å². The Morgan fingerprint density at radius 3 is 2.77 bits per heavy atom. The van der Waals surface area contributed by atoms with Crippen LogP contribution in [0.15, 0.2) is 36.7 Å². The molecule has 0 spiro atoms. The summed E-state index contributed by atoms with van der Waals surface area (Å²) < 4.78 is 30.1. The highest BCUT2D eigenvalue weighted by molar-refractivity contribution is 5.21. The molecule has 0 saturated carbocycles. The van der Waals surface area contributed by atoms with Crippen LogP contribution in [0.3, 0.4) is 0 Å². The van der Waals surface area contributed by atoms with Gasteiger partial charge in [0.2, 0.25) is 0 Å². The van der Waals surface area contributed by atoms with Gasteiger partial charge in [-0.15, -0.1) is 0 Å². The Kier molecular flexibility index (Phi) is 4.29. The number of halogens is 2. The number of nitrogens with zero attached hydrogens (tertiary/aromatic N) is 5. The first-order chi connectivity index (χ1) is 12.5. The fourth-order valence-corrected chi connectivity index (χ4v) is 3.28. The minimum atomic E-state index is -0.882. The van der Waals surface area contributed by atoms with Crippen LogP contribution < -0.4 is 0 Å². The van der Waals surface area contributed by atoms with Gasteiger partial charge in [0.15, 0.2) is 17.7 Å². The van der Waals surface area contributed by atoms with E-state index in [0.29, 0.717) is 31.2 Å². The van der Waals surface area contributed by atoms with E-state index in [9.17, 15) is 13.9 Å². The second kappa shape index (κ2) is 6.62. The Bertz CT molecular complexity index is 936. The van der Waals surface area contributed by atoms with Crippen molar-refractivity contribution in [3.8, 4) is 0 Å². The minimum absolute atomic E-state index is 0.527. The van der Waals surface area contributed by atoms with Crippen LogP contribution >= 0.6 is 0 Å². The molecule has 1 aliphatic rings. The summed E-state index contributed by atoms with van der Waals surface area (Å²) >= 11 is 0. The lowest BCUT2D eigenvalue weighted by Gasteiger charge is -2.27. The normalized spacial score (nSPS) is 15.8. The summed E-state index contributed by atoms with van der Waals surface area (Å²) in [7, 11) is 1.82. The second-order valence-electron chi connectivity index (χ2n) is 6.54. The van der Waals surface area contributed by atoms with Gasteiger partial charge in [-0.1, -0.05) is 6.07 Å². The zero-order valence-electron chi connectivity index (χ0n) is 14.3. The molecule has 1 atom stereocenters. The molecule has 1 aliphatic heterocycles. The van der Waals surface area contributed by atoms with Crippen LogP contribution in [0.25, 0.3) is 0 Å². The molecule has 0 radical (unpaired) electrons. The molecule has 1 aromatic carbocycles. The van der Waals surface area contributed by atoms with Gasteiger partial charge in [-0.25, -0.2) is 13.8 Å². The van der Waals surface area contributed by atoms with E-state index in [1.54, 1.807) is 23.0 Å². The van der Waals surface area contributed by atoms with E-state index < -0.39 is 17.7 Å². The molecular formula is C18H19F2N5O. The van der Waals surface area contributed by atoms with Gasteiger partial charge in [-0.3, -0.25) is 9.58 Å². The monoisotopic (exact) mass is 359 g/mol. The predicted octanol–water partition coefficient (Wildman–Crippen LogP) is 1.99. The number of rotatable bonds is 4. The van der Waals surface area contributed by atoms with Crippen LogP contribution in [0.5, 0.6) is 0 Å². The molecule has 8 heteroatoms. The van der Waals surface area contributed by atoms with E-state index in [1.807, 2.05) is 17.8 Å². The van der Waals surface area contributed by atoms with E-state index >= 15 is 0 Å². The number of hydrogen-bond acceptors (Lipinski definition) is 4. The van der Waals surface area contributed by atoms with Gasteiger partial charge in [0.1, 0.15) is 5.82 Å². The van der Waals surface area contributed by atoms with Gasteiger partial charge >= 0.3 is 0 Å². The maximum absolute atomic E-state index is 13.4. The highest BCUT2D eigenvalue weighted by atomic mass is 19.2. The highest BCUT2D eigenvalue weighted by Gasteiger charge is 2.24. The molecule has 0 unspecified atom stereocenters. The van der Waals surface area contributed by atoms with E-state index in [0.717, 1.165) is 23.9 Å². The third-order valence-corrected chi connectivity index (χ3v) is 4.67. The maximum Gasteiger partial charge on any atom is 0.159 e. The number of aryl methyl sites for hydroxylation is 1. The summed E-state index contributed by atoms with van der Waals surface area (Å²) in [5.74, 6) is -1.12.